The van der Waals surface area contributed by atoms with Gasteiger partial charge in [-0.3, -0.25) is 14.9 Å². The average molecular weight is 413 g/mol. The first-order chi connectivity index (χ1) is 13.8. The molecule has 0 bridgehead atoms. The van der Waals surface area contributed by atoms with Gasteiger partial charge in [0.1, 0.15) is 6.04 Å². The predicted molar refractivity (Wildman–Crippen MR) is 115 cm³/mol. The van der Waals surface area contributed by atoms with Crippen LogP contribution in [-0.2, 0) is 9.59 Å². The van der Waals surface area contributed by atoms with Crippen LogP contribution in [0.2, 0.25) is 5.02 Å². The lowest BCUT2D eigenvalue weighted by molar-refractivity contribution is -0.123. The molecule has 9 heteroatoms. The van der Waals surface area contributed by atoms with Crippen LogP contribution in [-0.4, -0.2) is 29.8 Å². The lowest BCUT2D eigenvalue weighted by atomic mass is 10.1. The molecule has 0 fully saturated rings. The molecule has 29 heavy (non-hydrogen) atoms. The molecule has 0 radical (unpaired) electrons. The number of nitrogens with zero attached hydrogens (tertiary/aromatic N) is 2. The molecule has 1 atom stereocenters. The zero-order valence-electron chi connectivity index (χ0n) is 16.0. The van der Waals surface area contributed by atoms with E-state index in [0.717, 1.165) is 16.8 Å². The molecule has 2 aromatic carbocycles. The van der Waals surface area contributed by atoms with Gasteiger partial charge in [0.25, 0.3) is 5.91 Å². The van der Waals surface area contributed by atoms with Crippen molar-refractivity contribution < 1.29 is 9.59 Å². The molecule has 5 N–H and O–H groups in total. The van der Waals surface area contributed by atoms with Gasteiger partial charge in [0.15, 0.2) is 0 Å². The maximum absolute atomic E-state index is 12.3. The van der Waals surface area contributed by atoms with E-state index in [0.29, 0.717) is 10.7 Å². The molecule has 0 spiro atoms. The van der Waals surface area contributed by atoms with Crippen molar-refractivity contribution in [3.63, 3.8) is 0 Å². The highest BCUT2D eigenvalue weighted by molar-refractivity contribution is 6.31. The van der Waals surface area contributed by atoms with Crippen LogP contribution in [0.1, 0.15) is 17.5 Å². The number of hydrogen-bond acceptors (Lipinski definition) is 4. The third-order valence-corrected chi connectivity index (χ3v) is 4.42. The largest absolute Gasteiger partial charge is 0.369 e. The summed E-state index contributed by atoms with van der Waals surface area (Å²) in [6, 6.07) is 11.9. The number of guanidine groups is 2. The molecule has 1 aliphatic heterocycles. The zero-order valence-corrected chi connectivity index (χ0v) is 16.7. The number of benzene rings is 2. The summed E-state index contributed by atoms with van der Waals surface area (Å²) in [4.78, 5) is 32.6. The second kappa shape index (κ2) is 8.74. The van der Waals surface area contributed by atoms with Crippen molar-refractivity contribution in [3.8, 4) is 0 Å². The highest BCUT2D eigenvalue weighted by atomic mass is 35.5. The second-order valence-corrected chi connectivity index (χ2v) is 7.10. The number of aryl methyl sites for hydroxylation is 2. The Kier molecular flexibility index (Phi) is 6.13. The molecule has 1 aliphatic rings. The monoisotopic (exact) mass is 412 g/mol. The van der Waals surface area contributed by atoms with Crippen molar-refractivity contribution >= 4 is 46.7 Å². The summed E-state index contributed by atoms with van der Waals surface area (Å²) in [6.45, 7) is 3.81. The van der Waals surface area contributed by atoms with E-state index >= 15 is 0 Å². The zero-order chi connectivity index (χ0) is 21.0. The number of rotatable bonds is 4. The van der Waals surface area contributed by atoms with Crippen LogP contribution in [0.15, 0.2) is 52.4 Å². The Balaban J connectivity index is 1.63. The fourth-order valence-electron chi connectivity index (χ4n) is 2.75. The predicted octanol–water partition coefficient (Wildman–Crippen LogP) is 2.57. The summed E-state index contributed by atoms with van der Waals surface area (Å²) in [5.74, 6) is -0.626. The van der Waals surface area contributed by atoms with Crippen LogP contribution < -0.4 is 21.7 Å². The molecular formula is C20H21ClN6O2. The minimum atomic E-state index is -0.875. The van der Waals surface area contributed by atoms with E-state index in [1.165, 1.54) is 0 Å². The first-order valence-electron chi connectivity index (χ1n) is 8.92. The summed E-state index contributed by atoms with van der Waals surface area (Å²) >= 11 is 5.96. The lowest BCUT2D eigenvalue weighted by Gasteiger charge is -2.09. The fourth-order valence-corrected chi connectivity index (χ4v) is 2.92. The van der Waals surface area contributed by atoms with Crippen molar-refractivity contribution in [2.45, 2.75) is 26.3 Å². The normalized spacial score (nSPS) is 16.2. The Morgan fingerprint density at radius 2 is 2.03 bits per heavy atom. The number of aliphatic imine (C=N–C) groups is 2. The SMILES string of the molecule is Cc1cccc(N/C(N)=N/C2=NC(CC(=O)Nc3cc(Cl)ccc3C)C(=O)N2)c1. The smallest absolute Gasteiger partial charge is 0.252 e. The fraction of sp³-hybridized carbons (Fsp3) is 0.200. The Morgan fingerprint density at radius 1 is 1.24 bits per heavy atom. The Morgan fingerprint density at radius 3 is 2.79 bits per heavy atom. The standard InChI is InChI=1S/C20H21ClN6O2/c1-11-4-3-5-14(8-11)23-19(22)27-20-25-16(18(29)26-20)10-17(28)24-15-9-13(21)7-6-12(15)2/h3-9,16H,10H2,1-2H3,(H,24,28)(H4,22,23,25,26,27,29). The van der Waals surface area contributed by atoms with E-state index in [9.17, 15) is 9.59 Å². The molecule has 3 rings (SSSR count). The van der Waals surface area contributed by atoms with Gasteiger partial charge in [-0.25, -0.2) is 4.99 Å². The van der Waals surface area contributed by atoms with Crippen LogP contribution in [0.25, 0.3) is 0 Å². The Bertz CT molecular complexity index is 1020. The van der Waals surface area contributed by atoms with Gasteiger partial charge in [-0.05, 0) is 49.2 Å². The van der Waals surface area contributed by atoms with Crippen molar-refractivity contribution in [2.24, 2.45) is 15.7 Å². The van der Waals surface area contributed by atoms with E-state index in [2.05, 4.69) is 25.9 Å². The van der Waals surface area contributed by atoms with Crippen molar-refractivity contribution in [1.82, 2.24) is 5.32 Å². The summed E-state index contributed by atoms with van der Waals surface area (Å²) < 4.78 is 0. The minimum Gasteiger partial charge on any atom is -0.369 e. The molecular weight excluding hydrogens is 392 g/mol. The summed E-state index contributed by atoms with van der Waals surface area (Å²) in [6.07, 6.45) is -0.123. The number of amides is 2. The van der Waals surface area contributed by atoms with Gasteiger partial charge in [0.2, 0.25) is 17.8 Å². The number of nitrogens with two attached hydrogens (primary N) is 1. The van der Waals surface area contributed by atoms with Crippen LogP contribution in [0.3, 0.4) is 0 Å². The maximum atomic E-state index is 12.3. The van der Waals surface area contributed by atoms with E-state index in [1.807, 2.05) is 38.1 Å². The summed E-state index contributed by atoms with van der Waals surface area (Å²) in [5.41, 5.74) is 9.16. The Hall–Kier alpha value is -3.39. The number of carbonyl (C=O) groups is 2. The van der Waals surface area contributed by atoms with Gasteiger partial charge in [0.05, 0.1) is 6.42 Å². The highest BCUT2D eigenvalue weighted by Gasteiger charge is 2.28. The minimum absolute atomic E-state index is 0.0596. The second-order valence-electron chi connectivity index (χ2n) is 6.66. The first kappa shape index (κ1) is 20.3. The molecule has 0 saturated heterocycles. The molecule has 1 heterocycles. The van der Waals surface area contributed by atoms with Crippen molar-refractivity contribution in [2.75, 3.05) is 10.6 Å². The van der Waals surface area contributed by atoms with Gasteiger partial charge in [0, 0.05) is 16.4 Å². The number of carbonyl (C=O) groups excluding carboxylic acids is 2. The van der Waals surface area contributed by atoms with Crippen LogP contribution >= 0.6 is 11.6 Å². The molecule has 150 valence electrons. The van der Waals surface area contributed by atoms with E-state index in [-0.39, 0.29) is 24.2 Å². The molecule has 2 amide bonds. The highest BCUT2D eigenvalue weighted by Crippen LogP contribution is 2.20. The number of halogens is 1. The van der Waals surface area contributed by atoms with Gasteiger partial charge in [-0.1, -0.05) is 29.8 Å². The van der Waals surface area contributed by atoms with Gasteiger partial charge in [-0.2, -0.15) is 4.99 Å². The number of anilines is 2. The molecule has 0 aliphatic carbocycles. The molecule has 8 nitrogen and oxygen atoms in total. The van der Waals surface area contributed by atoms with Gasteiger partial charge in [-0.15, -0.1) is 0 Å². The van der Waals surface area contributed by atoms with E-state index in [4.69, 9.17) is 17.3 Å². The first-order valence-corrected chi connectivity index (χ1v) is 9.30. The Labute approximate surface area is 173 Å². The summed E-state index contributed by atoms with van der Waals surface area (Å²) in [7, 11) is 0. The third-order valence-electron chi connectivity index (χ3n) is 4.19. The van der Waals surface area contributed by atoms with Crippen LogP contribution in [0.4, 0.5) is 11.4 Å². The van der Waals surface area contributed by atoms with Gasteiger partial charge < -0.3 is 16.4 Å². The number of nitrogens with one attached hydrogen (secondary N) is 3. The van der Waals surface area contributed by atoms with Gasteiger partial charge >= 0.3 is 0 Å². The molecule has 0 aromatic heterocycles. The third kappa shape index (κ3) is 5.55. The number of hydrogen-bond donors (Lipinski definition) is 4. The van der Waals surface area contributed by atoms with Crippen LogP contribution in [0, 0.1) is 13.8 Å². The lowest BCUT2D eigenvalue weighted by Crippen LogP contribution is -2.32. The molecule has 2 aromatic rings. The summed E-state index contributed by atoms with van der Waals surface area (Å²) in [5, 5.41) is 8.71. The van der Waals surface area contributed by atoms with Crippen LogP contribution in [0.5, 0.6) is 0 Å². The van der Waals surface area contributed by atoms with Crippen molar-refractivity contribution in [1.29, 1.82) is 0 Å². The maximum Gasteiger partial charge on any atom is 0.252 e. The topological polar surface area (TPSA) is 121 Å². The quantitative estimate of drug-likeness (QED) is 0.455. The molecule has 0 saturated carbocycles. The van der Waals surface area contributed by atoms with E-state index < -0.39 is 11.9 Å². The molecule has 1 unspecified atom stereocenters. The van der Waals surface area contributed by atoms with E-state index in [1.54, 1.807) is 18.2 Å². The van der Waals surface area contributed by atoms with Crippen molar-refractivity contribution in [3.05, 3.63) is 58.6 Å². The average Bonchev–Trinajstić information content (AvgIpc) is 2.96.